The van der Waals surface area contributed by atoms with Gasteiger partial charge in [0.25, 0.3) is 0 Å². The summed E-state index contributed by atoms with van der Waals surface area (Å²) in [5, 5.41) is 17.4. The number of ether oxygens (including phenoxy) is 1. The number of methoxy groups -OCH3 is 1. The van der Waals surface area contributed by atoms with Crippen LogP contribution in [0.5, 0.6) is 0 Å². The smallest absolute Gasteiger partial charge is 0.335 e. The molecule has 0 spiro atoms. The van der Waals surface area contributed by atoms with E-state index in [4.69, 9.17) is 10.2 Å². The summed E-state index contributed by atoms with van der Waals surface area (Å²) >= 11 is 0. The van der Waals surface area contributed by atoms with Gasteiger partial charge in [-0.25, -0.2) is 4.79 Å². The third-order valence-corrected chi connectivity index (χ3v) is 7.02. The number of rotatable bonds is 6. The number of carboxylic acids is 2. The standard InChI is InChI=1S/C11H14O2.C8H12O2.C7H14O2/c1-3-8(2)9-4-6-10(7-5-9)11(12)13;9-8(10)7-4-5-1-2-6(7)3-5;1-5-7(2,3)6(8)9-4/h4-8H,3H2,1-2H3,(H,12,13);5-7H,1-4H2,(H,9,10);5H2,1-4H3. The van der Waals surface area contributed by atoms with E-state index in [9.17, 15) is 14.4 Å². The van der Waals surface area contributed by atoms with Crippen molar-refractivity contribution in [2.75, 3.05) is 7.11 Å². The maximum Gasteiger partial charge on any atom is 0.335 e. The molecule has 32 heavy (non-hydrogen) atoms. The monoisotopic (exact) mass is 448 g/mol. The zero-order chi connectivity index (χ0) is 24.5. The van der Waals surface area contributed by atoms with Crippen molar-refractivity contribution < 1.29 is 29.3 Å². The molecule has 180 valence electrons. The molecule has 0 aromatic heterocycles. The molecule has 2 aliphatic rings. The van der Waals surface area contributed by atoms with Gasteiger partial charge in [0.1, 0.15) is 0 Å². The Hall–Kier alpha value is -2.37. The van der Waals surface area contributed by atoms with E-state index in [1.165, 1.54) is 31.9 Å². The molecule has 2 N–H and O–H groups in total. The number of hydrogen-bond donors (Lipinski definition) is 2. The van der Waals surface area contributed by atoms with Gasteiger partial charge in [0.15, 0.2) is 0 Å². The van der Waals surface area contributed by atoms with Crippen LogP contribution in [0.1, 0.15) is 95.0 Å². The molecule has 0 radical (unpaired) electrons. The summed E-state index contributed by atoms with van der Waals surface area (Å²) in [6.45, 7) is 9.97. The van der Waals surface area contributed by atoms with Crippen molar-refractivity contribution >= 4 is 17.9 Å². The predicted molar refractivity (Wildman–Crippen MR) is 125 cm³/mol. The van der Waals surface area contributed by atoms with Crippen LogP contribution in [0.3, 0.4) is 0 Å². The average molecular weight is 449 g/mol. The highest BCUT2D eigenvalue weighted by molar-refractivity contribution is 5.87. The first kappa shape index (κ1) is 27.7. The van der Waals surface area contributed by atoms with Crippen LogP contribution in [0.2, 0.25) is 0 Å². The number of benzene rings is 1. The summed E-state index contributed by atoms with van der Waals surface area (Å²) in [6, 6.07) is 7.09. The maximum absolute atomic E-state index is 10.8. The normalized spacial score (nSPS) is 22.0. The Labute approximate surface area is 192 Å². The Morgan fingerprint density at radius 3 is 1.94 bits per heavy atom. The second kappa shape index (κ2) is 12.6. The number of carboxylic acid groups (broad SMARTS) is 2. The third-order valence-electron chi connectivity index (χ3n) is 7.02. The van der Waals surface area contributed by atoms with Gasteiger partial charge in [-0.05, 0) is 81.4 Å². The number of esters is 1. The fourth-order valence-electron chi connectivity index (χ4n) is 4.16. The quantitative estimate of drug-likeness (QED) is 0.518. The molecule has 4 atom stereocenters. The maximum atomic E-state index is 10.8. The highest BCUT2D eigenvalue weighted by Crippen LogP contribution is 2.48. The van der Waals surface area contributed by atoms with Gasteiger partial charge >= 0.3 is 17.9 Å². The summed E-state index contributed by atoms with van der Waals surface area (Å²) in [5.74, 6) is 0.239. The number of fused-ring (bicyclic) bond motifs is 2. The molecule has 6 heteroatoms. The largest absolute Gasteiger partial charge is 0.481 e. The Kier molecular flexibility index (Phi) is 10.9. The molecule has 0 heterocycles. The van der Waals surface area contributed by atoms with Crippen LogP contribution >= 0.6 is 0 Å². The summed E-state index contributed by atoms with van der Waals surface area (Å²) < 4.78 is 4.57. The molecule has 2 fully saturated rings. The molecule has 0 amide bonds. The summed E-state index contributed by atoms with van der Waals surface area (Å²) in [6.07, 6.45) is 6.50. The van der Waals surface area contributed by atoms with E-state index in [1.807, 2.05) is 32.9 Å². The summed E-state index contributed by atoms with van der Waals surface area (Å²) in [7, 11) is 1.42. The molecule has 1 aromatic carbocycles. The first-order chi connectivity index (χ1) is 15.0. The number of hydrogen-bond acceptors (Lipinski definition) is 4. The molecule has 0 aliphatic heterocycles. The van der Waals surface area contributed by atoms with Gasteiger partial charge in [-0.15, -0.1) is 0 Å². The van der Waals surface area contributed by atoms with Crippen molar-refractivity contribution in [3.8, 4) is 0 Å². The highest BCUT2D eigenvalue weighted by Gasteiger charge is 2.43. The Bertz CT molecular complexity index is 752. The van der Waals surface area contributed by atoms with Gasteiger partial charge < -0.3 is 14.9 Å². The lowest BCUT2D eigenvalue weighted by Crippen LogP contribution is -2.24. The lowest BCUT2D eigenvalue weighted by Gasteiger charge is -2.17. The SMILES string of the molecule is CCC(C)(C)C(=O)OC.CCC(C)c1ccc(C(=O)O)cc1.O=C(O)C1CC2CCC1C2. The molecule has 2 aliphatic carbocycles. The first-order valence-electron chi connectivity index (χ1n) is 11.6. The van der Waals surface area contributed by atoms with Gasteiger partial charge in [-0.2, -0.15) is 0 Å². The number of carbonyl (C=O) groups excluding carboxylic acids is 1. The molecule has 4 unspecified atom stereocenters. The van der Waals surface area contributed by atoms with E-state index in [0.29, 0.717) is 17.4 Å². The minimum Gasteiger partial charge on any atom is -0.481 e. The fourth-order valence-corrected chi connectivity index (χ4v) is 4.16. The topological polar surface area (TPSA) is 101 Å². The van der Waals surface area contributed by atoms with Crippen molar-refractivity contribution in [2.24, 2.45) is 23.2 Å². The summed E-state index contributed by atoms with van der Waals surface area (Å²) in [4.78, 5) is 32.0. The number of aromatic carboxylic acids is 1. The van der Waals surface area contributed by atoms with Gasteiger partial charge in [0, 0.05) is 0 Å². The third kappa shape index (κ3) is 7.95. The zero-order valence-electron chi connectivity index (χ0n) is 20.4. The highest BCUT2D eigenvalue weighted by atomic mass is 16.5. The van der Waals surface area contributed by atoms with E-state index < -0.39 is 11.9 Å². The van der Waals surface area contributed by atoms with Gasteiger partial charge in [-0.1, -0.05) is 39.3 Å². The molecule has 2 bridgehead atoms. The predicted octanol–water partition coefficient (Wildman–Crippen LogP) is 6.00. The number of carbonyl (C=O) groups is 3. The second-order valence-electron chi connectivity index (χ2n) is 9.59. The minimum atomic E-state index is -0.865. The van der Waals surface area contributed by atoms with Crippen molar-refractivity contribution in [2.45, 2.75) is 79.1 Å². The van der Waals surface area contributed by atoms with Gasteiger partial charge in [-0.3, -0.25) is 9.59 Å². The van der Waals surface area contributed by atoms with E-state index in [-0.39, 0.29) is 17.3 Å². The molecular weight excluding hydrogens is 408 g/mol. The van der Waals surface area contributed by atoms with Crippen LogP contribution in [-0.2, 0) is 14.3 Å². The molecule has 0 saturated heterocycles. The Morgan fingerprint density at radius 1 is 1.06 bits per heavy atom. The minimum absolute atomic E-state index is 0.0127. The zero-order valence-corrected chi connectivity index (χ0v) is 20.4. The van der Waals surface area contributed by atoms with E-state index >= 15 is 0 Å². The fraction of sp³-hybridized carbons (Fsp3) is 0.654. The van der Waals surface area contributed by atoms with Crippen LogP contribution in [0.4, 0.5) is 0 Å². The first-order valence-corrected chi connectivity index (χ1v) is 11.6. The van der Waals surface area contributed by atoms with Gasteiger partial charge in [0.2, 0.25) is 0 Å². The van der Waals surface area contributed by atoms with Crippen LogP contribution < -0.4 is 0 Å². The molecule has 1 aromatic rings. The Balaban J connectivity index is 0.000000245. The van der Waals surface area contributed by atoms with Crippen LogP contribution in [0.15, 0.2) is 24.3 Å². The molecule has 3 rings (SSSR count). The Morgan fingerprint density at radius 2 is 1.66 bits per heavy atom. The van der Waals surface area contributed by atoms with Crippen molar-refractivity contribution in [1.29, 1.82) is 0 Å². The molecule has 6 nitrogen and oxygen atoms in total. The van der Waals surface area contributed by atoms with Crippen molar-refractivity contribution in [3.05, 3.63) is 35.4 Å². The van der Waals surface area contributed by atoms with Crippen molar-refractivity contribution in [1.82, 2.24) is 0 Å². The van der Waals surface area contributed by atoms with Crippen LogP contribution in [0, 0.1) is 23.2 Å². The average Bonchev–Trinajstić information content (AvgIpc) is 3.43. The van der Waals surface area contributed by atoms with E-state index in [2.05, 4.69) is 18.6 Å². The second-order valence-corrected chi connectivity index (χ2v) is 9.59. The lowest BCUT2D eigenvalue weighted by atomic mass is 9.89. The summed E-state index contributed by atoms with van der Waals surface area (Å²) in [5.41, 5.74) is 1.24. The lowest BCUT2D eigenvalue weighted by molar-refractivity contribution is -0.150. The van der Waals surface area contributed by atoms with Gasteiger partial charge in [0.05, 0.1) is 24.0 Å². The number of aliphatic carboxylic acids is 1. The van der Waals surface area contributed by atoms with Crippen LogP contribution in [0.25, 0.3) is 0 Å². The molecular formula is C26H40O6. The van der Waals surface area contributed by atoms with Crippen LogP contribution in [-0.4, -0.2) is 35.2 Å². The van der Waals surface area contributed by atoms with Crippen molar-refractivity contribution in [3.63, 3.8) is 0 Å². The molecule has 2 saturated carbocycles. The van der Waals surface area contributed by atoms with E-state index in [1.54, 1.807) is 12.1 Å². The van der Waals surface area contributed by atoms with E-state index in [0.717, 1.165) is 25.2 Å².